The van der Waals surface area contributed by atoms with Crippen molar-refractivity contribution in [3.63, 3.8) is 0 Å². The fourth-order valence-corrected chi connectivity index (χ4v) is 2.36. The molecule has 5 nitrogen and oxygen atoms in total. The Kier molecular flexibility index (Phi) is 5.19. The van der Waals surface area contributed by atoms with Gasteiger partial charge in [-0.25, -0.2) is 0 Å². The number of hydrogen-bond acceptors (Lipinski definition) is 3. The van der Waals surface area contributed by atoms with Crippen molar-refractivity contribution in [2.24, 2.45) is 0 Å². The highest BCUT2D eigenvalue weighted by molar-refractivity contribution is 5.99. The maximum atomic E-state index is 12.6. The van der Waals surface area contributed by atoms with Crippen LogP contribution in [-0.4, -0.2) is 47.0 Å². The molecule has 2 unspecified atom stereocenters. The van der Waals surface area contributed by atoms with E-state index >= 15 is 0 Å². The molecule has 1 heterocycles. The van der Waals surface area contributed by atoms with Crippen LogP contribution in [0.2, 0.25) is 0 Å². The molecule has 1 N–H and O–H groups in total. The van der Waals surface area contributed by atoms with Crippen molar-refractivity contribution in [1.82, 2.24) is 10.2 Å². The van der Waals surface area contributed by atoms with E-state index in [0.29, 0.717) is 26.0 Å². The topological polar surface area (TPSA) is 58.6 Å². The molecule has 0 aliphatic carbocycles. The van der Waals surface area contributed by atoms with Gasteiger partial charge < -0.3 is 15.0 Å². The third-order valence-electron chi connectivity index (χ3n) is 3.77. The second-order valence-corrected chi connectivity index (χ2v) is 6.56. The Labute approximate surface area is 122 Å². The van der Waals surface area contributed by atoms with Crippen LogP contribution in [0.3, 0.4) is 0 Å². The maximum absolute atomic E-state index is 12.6. The average molecular weight is 284 g/mol. The van der Waals surface area contributed by atoms with E-state index in [0.717, 1.165) is 0 Å². The first-order chi connectivity index (χ1) is 9.14. The van der Waals surface area contributed by atoms with E-state index in [4.69, 9.17) is 4.74 Å². The smallest absolute Gasteiger partial charge is 0.248 e. The molecule has 0 spiro atoms. The molecule has 0 aromatic heterocycles. The van der Waals surface area contributed by atoms with Gasteiger partial charge in [0, 0.05) is 6.54 Å². The lowest BCUT2D eigenvalue weighted by Gasteiger charge is -2.44. The second-order valence-electron chi connectivity index (χ2n) is 6.56. The zero-order valence-electron chi connectivity index (χ0n) is 13.6. The molecular weight excluding hydrogens is 256 g/mol. The van der Waals surface area contributed by atoms with E-state index in [1.54, 1.807) is 11.8 Å². The van der Waals surface area contributed by atoms with Crippen molar-refractivity contribution in [3.05, 3.63) is 0 Å². The van der Waals surface area contributed by atoms with Crippen molar-refractivity contribution in [2.45, 2.75) is 71.6 Å². The summed E-state index contributed by atoms with van der Waals surface area (Å²) in [5, 5.41) is 2.86. The Morgan fingerprint density at radius 2 is 1.90 bits per heavy atom. The van der Waals surface area contributed by atoms with Gasteiger partial charge >= 0.3 is 0 Å². The molecule has 0 aromatic carbocycles. The summed E-state index contributed by atoms with van der Waals surface area (Å²) >= 11 is 0. The van der Waals surface area contributed by atoms with Gasteiger partial charge in [-0.15, -0.1) is 0 Å². The number of rotatable bonds is 5. The highest BCUT2D eigenvalue weighted by atomic mass is 16.5. The van der Waals surface area contributed by atoms with Crippen LogP contribution in [0.4, 0.5) is 0 Å². The summed E-state index contributed by atoms with van der Waals surface area (Å²) in [5.74, 6) is -0.0730. The molecule has 5 heteroatoms. The number of ether oxygens (including phenoxy) is 1. The largest absolute Gasteiger partial charge is 0.374 e. The number of hydrogen-bond donors (Lipinski definition) is 1. The van der Waals surface area contributed by atoms with Gasteiger partial charge in [-0.1, -0.05) is 13.8 Å². The molecule has 2 amide bonds. The van der Waals surface area contributed by atoms with Gasteiger partial charge in [0.2, 0.25) is 11.8 Å². The quantitative estimate of drug-likeness (QED) is 0.836. The number of amides is 2. The van der Waals surface area contributed by atoms with Gasteiger partial charge in [-0.3, -0.25) is 9.59 Å². The highest BCUT2D eigenvalue weighted by Gasteiger charge is 2.46. The number of carbonyl (C=O) groups excluding carboxylic acids is 2. The van der Waals surface area contributed by atoms with E-state index in [2.05, 4.69) is 5.32 Å². The minimum absolute atomic E-state index is 0.0102. The van der Waals surface area contributed by atoms with E-state index in [-0.39, 0.29) is 23.5 Å². The lowest BCUT2D eigenvalue weighted by molar-refractivity contribution is -0.156. The number of piperazine rings is 1. The molecule has 0 radical (unpaired) electrons. The van der Waals surface area contributed by atoms with Crippen LogP contribution in [0.5, 0.6) is 0 Å². The minimum Gasteiger partial charge on any atom is -0.374 e. The Morgan fingerprint density at radius 1 is 1.30 bits per heavy atom. The predicted octanol–water partition coefficient (Wildman–Crippen LogP) is 1.71. The first-order valence-corrected chi connectivity index (χ1v) is 7.41. The summed E-state index contributed by atoms with van der Waals surface area (Å²) in [7, 11) is 0. The SMILES string of the molecule is CCC1C(=O)NC(C)(CC)C(=O)N1CCOC(C)(C)C. The Balaban J connectivity index is 2.81. The van der Waals surface area contributed by atoms with Crippen molar-refractivity contribution in [1.29, 1.82) is 0 Å². The maximum Gasteiger partial charge on any atom is 0.248 e. The van der Waals surface area contributed by atoms with Crippen molar-refractivity contribution < 1.29 is 14.3 Å². The van der Waals surface area contributed by atoms with Crippen LogP contribution in [0, 0.1) is 0 Å². The fraction of sp³-hybridized carbons (Fsp3) is 0.867. The predicted molar refractivity (Wildman–Crippen MR) is 78.3 cm³/mol. The second kappa shape index (κ2) is 6.12. The highest BCUT2D eigenvalue weighted by Crippen LogP contribution is 2.23. The van der Waals surface area contributed by atoms with Crippen LogP contribution in [0.25, 0.3) is 0 Å². The van der Waals surface area contributed by atoms with Crippen molar-refractivity contribution >= 4 is 11.8 Å². The Morgan fingerprint density at radius 3 is 2.35 bits per heavy atom. The van der Waals surface area contributed by atoms with Gasteiger partial charge in [0.25, 0.3) is 0 Å². The molecule has 1 saturated heterocycles. The van der Waals surface area contributed by atoms with Crippen molar-refractivity contribution in [2.75, 3.05) is 13.2 Å². The molecule has 2 atom stereocenters. The third kappa shape index (κ3) is 3.72. The summed E-state index contributed by atoms with van der Waals surface area (Å²) < 4.78 is 5.68. The van der Waals surface area contributed by atoms with Crippen LogP contribution in [-0.2, 0) is 14.3 Å². The van der Waals surface area contributed by atoms with Crippen LogP contribution < -0.4 is 5.32 Å². The van der Waals surface area contributed by atoms with Crippen LogP contribution in [0.1, 0.15) is 54.4 Å². The summed E-state index contributed by atoms with van der Waals surface area (Å²) in [6, 6.07) is -0.384. The normalized spacial score (nSPS) is 27.7. The molecule has 116 valence electrons. The lowest BCUT2D eigenvalue weighted by Crippen LogP contribution is -2.69. The van der Waals surface area contributed by atoms with Crippen LogP contribution >= 0.6 is 0 Å². The summed E-state index contributed by atoms with van der Waals surface area (Å²) in [5.41, 5.74) is -1.03. The lowest BCUT2D eigenvalue weighted by atomic mass is 9.91. The van der Waals surface area contributed by atoms with E-state index in [9.17, 15) is 9.59 Å². The molecule has 20 heavy (non-hydrogen) atoms. The molecule has 1 fully saturated rings. The number of nitrogens with one attached hydrogen (secondary N) is 1. The zero-order valence-corrected chi connectivity index (χ0v) is 13.6. The molecular formula is C15H28N2O3. The van der Waals surface area contributed by atoms with Crippen molar-refractivity contribution in [3.8, 4) is 0 Å². The molecule has 1 aliphatic rings. The molecule has 1 rings (SSSR count). The van der Waals surface area contributed by atoms with Gasteiger partial charge in [0.1, 0.15) is 11.6 Å². The average Bonchev–Trinajstić information content (AvgIpc) is 2.34. The zero-order chi connectivity index (χ0) is 15.6. The summed E-state index contributed by atoms with van der Waals surface area (Å²) in [6.45, 7) is 12.5. The van der Waals surface area contributed by atoms with E-state index in [1.165, 1.54) is 0 Å². The van der Waals surface area contributed by atoms with Gasteiger partial charge in [-0.05, 0) is 40.5 Å². The first-order valence-electron chi connectivity index (χ1n) is 7.41. The molecule has 0 bridgehead atoms. The summed E-state index contributed by atoms with van der Waals surface area (Å²) in [4.78, 5) is 26.4. The number of nitrogens with zero attached hydrogens (tertiary/aromatic N) is 1. The monoisotopic (exact) mass is 284 g/mol. The van der Waals surface area contributed by atoms with Gasteiger partial charge in [-0.2, -0.15) is 0 Å². The van der Waals surface area contributed by atoms with E-state index < -0.39 is 5.54 Å². The first kappa shape index (κ1) is 17.0. The third-order valence-corrected chi connectivity index (χ3v) is 3.77. The number of carbonyl (C=O) groups is 2. The van der Waals surface area contributed by atoms with Gasteiger partial charge in [0.05, 0.1) is 12.2 Å². The minimum atomic E-state index is -0.787. The van der Waals surface area contributed by atoms with E-state index in [1.807, 2.05) is 34.6 Å². The van der Waals surface area contributed by atoms with Crippen LogP contribution in [0.15, 0.2) is 0 Å². The molecule has 0 aromatic rings. The molecule has 1 aliphatic heterocycles. The van der Waals surface area contributed by atoms with Gasteiger partial charge in [0.15, 0.2) is 0 Å². The molecule has 0 saturated carbocycles. The standard InChI is InChI=1S/C15H28N2O3/c1-7-11-12(18)16-15(6,8-2)13(19)17(11)9-10-20-14(3,4)5/h11H,7-10H2,1-6H3,(H,16,18). The Hall–Kier alpha value is -1.10. The summed E-state index contributed by atoms with van der Waals surface area (Å²) in [6.07, 6.45) is 1.21. The fourth-order valence-electron chi connectivity index (χ4n) is 2.36. The Bertz CT molecular complexity index is 376.